The zero-order chi connectivity index (χ0) is 21.8. The maximum absolute atomic E-state index is 12.8. The van der Waals surface area contributed by atoms with Gasteiger partial charge in [0.25, 0.3) is 5.91 Å². The number of ether oxygens (including phenoxy) is 1. The first-order chi connectivity index (χ1) is 15.0. The number of rotatable bonds is 7. The second-order valence-electron chi connectivity index (χ2n) is 6.77. The third kappa shape index (κ3) is 5.15. The van der Waals surface area contributed by atoms with E-state index in [1.807, 2.05) is 54.6 Å². The summed E-state index contributed by atoms with van der Waals surface area (Å²) in [7, 11) is 0. The average molecular weight is 502 g/mol. The van der Waals surface area contributed by atoms with Gasteiger partial charge in [0.1, 0.15) is 18.1 Å². The number of aryl methyl sites for hydroxylation is 1. The molecular weight excluding hydrogens is 484 g/mol. The molecule has 31 heavy (non-hydrogen) atoms. The van der Waals surface area contributed by atoms with Crippen LogP contribution in [0, 0.1) is 6.92 Å². The number of benzene rings is 2. The molecule has 0 aliphatic carbocycles. The van der Waals surface area contributed by atoms with Crippen molar-refractivity contribution in [1.82, 2.24) is 14.9 Å². The maximum atomic E-state index is 12.8. The van der Waals surface area contributed by atoms with Gasteiger partial charge >= 0.3 is 0 Å². The SMILES string of the molecule is Cc1onc(C(=O)Nc2nn(Cc3ccc(Cl)cc3)cc2Br)c1COc1ccccc1. The molecule has 0 atom stereocenters. The van der Waals surface area contributed by atoms with Crippen LogP contribution in [0.25, 0.3) is 0 Å². The van der Waals surface area contributed by atoms with Crippen LogP contribution in [0.4, 0.5) is 5.82 Å². The molecule has 2 aromatic carbocycles. The first kappa shape index (κ1) is 21.1. The van der Waals surface area contributed by atoms with E-state index in [1.165, 1.54) is 0 Å². The van der Waals surface area contributed by atoms with Gasteiger partial charge in [-0.2, -0.15) is 5.10 Å². The van der Waals surface area contributed by atoms with E-state index in [9.17, 15) is 4.79 Å². The zero-order valence-electron chi connectivity index (χ0n) is 16.5. The van der Waals surface area contributed by atoms with Crippen molar-refractivity contribution in [3.63, 3.8) is 0 Å². The molecule has 0 fully saturated rings. The molecule has 1 amide bonds. The number of aromatic nitrogens is 3. The molecule has 158 valence electrons. The number of halogens is 2. The first-order valence-corrected chi connectivity index (χ1v) is 10.6. The van der Waals surface area contributed by atoms with E-state index in [0.29, 0.717) is 38.9 Å². The van der Waals surface area contributed by atoms with E-state index in [1.54, 1.807) is 17.8 Å². The number of anilines is 1. The molecule has 1 N–H and O–H groups in total. The number of nitrogens with zero attached hydrogens (tertiary/aromatic N) is 3. The summed E-state index contributed by atoms with van der Waals surface area (Å²) in [6, 6.07) is 16.8. The Hall–Kier alpha value is -3.10. The summed E-state index contributed by atoms with van der Waals surface area (Å²) in [6.45, 7) is 2.43. The minimum Gasteiger partial charge on any atom is -0.489 e. The van der Waals surface area contributed by atoms with Gasteiger partial charge in [0.05, 0.1) is 16.6 Å². The van der Waals surface area contributed by atoms with E-state index in [0.717, 1.165) is 5.56 Å². The largest absolute Gasteiger partial charge is 0.489 e. The maximum Gasteiger partial charge on any atom is 0.279 e. The third-order valence-corrected chi connectivity index (χ3v) is 5.37. The Labute approximate surface area is 192 Å². The number of nitrogens with one attached hydrogen (secondary N) is 1. The quantitative estimate of drug-likeness (QED) is 0.363. The van der Waals surface area contributed by atoms with E-state index >= 15 is 0 Å². The van der Waals surface area contributed by atoms with Crippen molar-refractivity contribution in [3.05, 3.63) is 92.9 Å². The van der Waals surface area contributed by atoms with Gasteiger partial charge in [-0.25, -0.2) is 0 Å². The molecule has 2 heterocycles. The number of amides is 1. The van der Waals surface area contributed by atoms with Gasteiger partial charge < -0.3 is 14.6 Å². The van der Waals surface area contributed by atoms with Crippen molar-refractivity contribution in [2.45, 2.75) is 20.1 Å². The molecule has 7 nitrogen and oxygen atoms in total. The van der Waals surface area contributed by atoms with Crippen LogP contribution in [0.15, 0.2) is 69.8 Å². The fraction of sp³-hybridized carbons (Fsp3) is 0.136. The van der Waals surface area contributed by atoms with E-state index in [4.69, 9.17) is 20.9 Å². The number of carbonyl (C=O) groups is 1. The van der Waals surface area contributed by atoms with Crippen molar-refractivity contribution >= 4 is 39.3 Å². The minimum atomic E-state index is -0.430. The Morgan fingerprint density at radius 1 is 1.19 bits per heavy atom. The van der Waals surface area contributed by atoms with Crippen molar-refractivity contribution in [2.75, 3.05) is 5.32 Å². The van der Waals surface area contributed by atoms with Crippen molar-refractivity contribution in [2.24, 2.45) is 0 Å². The Bertz CT molecular complexity index is 1190. The molecule has 0 spiro atoms. The molecule has 4 aromatic rings. The smallest absolute Gasteiger partial charge is 0.279 e. The second-order valence-corrected chi connectivity index (χ2v) is 8.06. The van der Waals surface area contributed by atoms with Gasteiger partial charge in [-0.15, -0.1) is 0 Å². The summed E-state index contributed by atoms with van der Waals surface area (Å²) >= 11 is 9.37. The molecule has 0 aliphatic heterocycles. The Morgan fingerprint density at radius 3 is 2.68 bits per heavy atom. The van der Waals surface area contributed by atoms with E-state index in [2.05, 4.69) is 31.5 Å². The Balaban J connectivity index is 1.46. The normalized spacial score (nSPS) is 10.8. The van der Waals surface area contributed by atoms with Crippen LogP contribution < -0.4 is 10.1 Å². The average Bonchev–Trinajstić information content (AvgIpc) is 3.30. The van der Waals surface area contributed by atoms with Crippen LogP contribution in [0.5, 0.6) is 5.75 Å². The van der Waals surface area contributed by atoms with Crippen LogP contribution in [0.3, 0.4) is 0 Å². The van der Waals surface area contributed by atoms with Gasteiger partial charge in [0, 0.05) is 11.2 Å². The lowest BCUT2D eigenvalue weighted by Crippen LogP contribution is -2.16. The molecule has 0 saturated carbocycles. The summed E-state index contributed by atoms with van der Waals surface area (Å²) in [6.07, 6.45) is 1.79. The van der Waals surface area contributed by atoms with Gasteiger partial charge in [0.2, 0.25) is 0 Å². The molecule has 4 rings (SSSR count). The zero-order valence-corrected chi connectivity index (χ0v) is 18.9. The highest BCUT2D eigenvalue weighted by Crippen LogP contribution is 2.23. The lowest BCUT2D eigenvalue weighted by Gasteiger charge is -2.06. The lowest BCUT2D eigenvalue weighted by atomic mass is 10.2. The fourth-order valence-electron chi connectivity index (χ4n) is 2.92. The van der Waals surface area contributed by atoms with E-state index < -0.39 is 5.91 Å². The first-order valence-electron chi connectivity index (χ1n) is 9.41. The predicted molar refractivity (Wildman–Crippen MR) is 120 cm³/mol. The summed E-state index contributed by atoms with van der Waals surface area (Å²) in [4.78, 5) is 12.8. The van der Waals surface area contributed by atoms with Gasteiger partial charge in [-0.3, -0.25) is 9.48 Å². The van der Waals surface area contributed by atoms with Gasteiger partial charge in [-0.1, -0.05) is 47.1 Å². The standard InChI is InChI=1S/C22H18BrClN4O3/c1-14-18(13-30-17-5-3-2-4-6-17)20(27-31-14)22(29)25-21-19(23)12-28(26-21)11-15-7-9-16(24)10-8-15/h2-10,12H,11,13H2,1H3,(H,25,26,29). The summed E-state index contributed by atoms with van der Waals surface area (Å²) < 4.78 is 13.4. The van der Waals surface area contributed by atoms with Crippen LogP contribution in [-0.4, -0.2) is 20.8 Å². The van der Waals surface area contributed by atoms with Crippen LogP contribution in [0.1, 0.15) is 27.4 Å². The fourth-order valence-corrected chi connectivity index (χ4v) is 3.46. The highest BCUT2D eigenvalue weighted by Gasteiger charge is 2.22. The van der Waals surface area contributed by atoms with E-state index in [-0.39, 0.29) is 12.3 Å². The molecule has 0 aliphatic rings. The Kier molecular flexibility index (Phi) is 6.39. The molecular formula is C22H18BrClN4O3. The molecule has 0 radical (unpaired) electrons. The third-order valence-electron chi connectivity index (χ3n) is 4.53. The highest BCUT2D eigenvalue weighted by atomic mass is 79.9. The molecule has 0 bridgehead atoms. The molecule has 2 aromatic heterocycles. The monoisotopic (exact) mass is 500 g/mol. The molecule has 9 heteroatoms. The van der Waals surface area contributed by atoms with Crippen molar-refractivity contribution in [3.8, 4) is 5.75 Å². The van der Waals surface area contributed by atoms with Crippen LogP contribution in [0.2, 0.25) is 5.02 Å². The van der Waals surface area contributed by atoms with Crippen LogP contribution in [-0.2, 0) is 13.2 Å². The highest BCUT2D eigenvalue weighted by molar-refractivity contribution is 9.10. The Morgan fingerprint density at radius 2 is 1.94 bits per heavy atom. The summed E-state index contributed by atoms with van der Waals surface area (Å²) in [5.74, 6) is 1.17. The predicted octanol–water partition coefficient (Wildman–Crippen LogP) is 5.48. The summed E-state index contributed by atoms with van der Waals surface area (Å²) in [5, 5.41) is 11.8. The second kappa shape index (κ2) is 9.36. The van der Waals surface area contributed by atoms with Crippen LogP contribution >= 0.6 is 27.5 Å². The minimum absolute atomic E-state index is 0.160. The van der Waals surface area contributed by atoms with Gasteiger partial charge in [-0.05, 0) is 52.7 Å². The number of hydrogen-bond donors (Lipinski definition) is 1. The number of hydrogen-bond acceptors (Lipinski definition) is 5. The topological polar surface area (TPSA) is 82.2 Å². The number of carbonyl (C=O) groups excluding carboxylic acids is 1. The lowest BCUT2D eigenvalue weighted by molar-refractivity contribution is 0.101. The summed E-state index contributed by atoms with van der Waals surface area (Å²) in [5.41, 5.74) is 1.77. The van der Waals surface area contributed by atoms with Crippen molar-refractivity contribution < 1.29 is 14.1 Å². The van der Waals surface area contributed by atoms with Gasteiger partial charge in [0.15, 0.2) is 11.5 Å². The van der Waals surface area contributed by atoms with Crippen molar-refractivity contribution in [1.29, 1.82) is 0 Å². The number of para-hydroxylation sites is 1. The molecule has 0 saturated heterocycles. The molecule has 0 unspecified atom stereocenters.